The van der Waals surface area contributed by atoms with Crippen LogP contribution in [0.4, 0.5) is 0 Å². The lowest BCUT2D eigenvalue weighted by Crippen LogP contribution is -3.19. The van der Waals surface area contributed by atoms with Gasteiger partial charge >= 0.3 is 0 Å². The van der Waals surface area contributed by atoms with Crippen molar-refractivity contribution in [3.05, 3.63) is 30.3 Å². The summed E-state index contributed by atoms with van der Waals surface area (Å²) in [4.78, 5) is 16.0. The van der Waals surface area contributed by atoms with Crippen LogP contribution >= 0.6 is 0 Å². The first-order chi connectivity index (χ1) is 11.2. The third-order valence-electron chi connectivity index (χ3n) is 5.50. The number of hydrogen-bond donors (Lipinski definition) is 1. The summed E-state index contributed by atoms with van der Waals surface area (Å²) in [5.74, 6) is 1.72. The van der Waals surface area contributed by atoms with Crippen LogP contribution in [0.3, 0.4) is 0 Å². The van der Waals surface area contributed by atoms with E-state index in [4.69, 9.17) is 4.74 Å². The second-order valence-corrected chi connectivity index (χ2v) is 7.01. The average molecular weight is 317 g/mol. The summed E-state index contributed by atoms with van der Waals surface area (Å²) < 4.78 is 5.58. The summed E-state index contributed by atoms with van der Waals surface area (Å²) in [5.41, 5.74) is 0. The standard InChI is InChI=1S/C19H28N2O2/c1-16-7-5-6-10-18(16)20-11-13-21(14-12-20)19(22)15-23-17-8-3-2-4-9-17/h2-4,8-9,16,18H,5-7,10-15H2,1H3/p+1/t16-,18-/m1/s1. The van der Waals surface area contributed by atoms with E-state index in [0.717, 1.165) is 43.9 Å². The second kappa shape index (κ2) is 7.82. The van der Waals surface area contributed by atoms with Crippen molar-refractivity contribution in [1.29, 1.82) is 0 Å². The summed E-state index contributed by atoms with van der Waals surface area (Å²) in [5, 5.41) is 0. The summed E-state index contributed by atoms with van der Waals surface area (Å²) in [6.07, 6.45) is 5.52. The van der Waals surface area contributed by atoms with E-state index in [1.165, 1.54) is 25.7 Å². The van der Waals surface area contributed by atoms with E-state index in [0.29, 0.717) is 0 Å². The molecule has 1 N–H and O–H groups in total. The number of ether oxygens (including phenoxy) is 1. The zero-order chi connectivity index (χ0) is 16.1. The molecule has 2 aliphatic rings. The summed E-state index contributed by atoms with van der Waals surface area (Å²) >= 11 is 0. The van der Waals surface area contributed by atoms with Crippen molar-refractivity contribution in [3.63, 3.8) is 0 Å². The van der Waals surface area contributed by atoms with E-state index in [-0.39, 0.29) is 12.5 Å². The number of piperazine rings is 1. The minimum atomic E-state index is 0.115. The number of nitrogens with zero attached hydrogens (tertiary/aromatic N) is 1. The van der Waals surface area contributed by atoms with Crippen molar-refractivity contribution in [2.75, 3.05) is 32.8 Å². The predicted molar refractivity (Wildman–Crippen MR) is 90.6 cm³/mol. The first kappa shape index (κ1) is 16.3. The van der Waals surface area contributed by atoms with Gasteiger partial charge in [-0.1, -0.05) is 31.5 Å². The molecule has 4 nitrogen and oxygen atoms in total. The molecular formula is C19H29N2O2+. The maximum Gasteiger partial charge on any atom is 0.260 e. The van der Waals surface area contributed by atoms with E-state index in [2.05, 4.69) is 6.92 Å². The Morgan fingerprint density at radius 3 is 2.57 bits per heavy atom. The van der Waals surface area contributed by atoms with Gasteiger partial charge < -0.3 is 14.5 Å². The quantitative estimate of drug-likeness (QED) is 0.910. The summed E-state index contributed by atoms with van der Waals surface area (Å²) in [7, 11) is 0. The molecule has 0 aromatic heterocycles. The Morgan fingerprint density at radius 2 is 1.87 bits per heavy atom. The molecular weight excluding hydrogens is 288 g/mol. The Morgan fingerprint density at radius 1 is 1.17 bits per heavy atom. The number of quaternary nitrogens is 1. The number of amides is 1. The molecule has 3 rings (SSSR count). The van der Waals surface area contributed by atoms with Crippen LogP contribution in [0.1, 0.15) is 32.6 Å². The van der Waals surface area contributed by atoms with Gasteiger partial charge in [0.1, 0.15) is 5.75 Å². The van der Waals surface area contributed by atoms with Crippen LogP contribution in [0.5, 0.6) is 5.75 Å². The first-order valence-corrected chi connectivity index (χ1v) is 9.04. The van der Waals surface area contributed by atoms with Crippen molar-refractivity contribution < 1.29 is 14.4 Å². The minimum Gasteiger partial charge on any atom is -0.484 e. The molecule has 0 spiro atoms. The van der Waals surface area contributed by atoms with Crippen LogP contribution in [0, 0.1) is 5.92 Å². The van der Waals surface area contributed by atoms with Crippen LogP contribution < -0.4 is 9.64 Å². The fraction of sp³-hybridized carbons (Fsp3) is 0.632. The van der Waals surface area contributed by atoms with Gasteiger partial charge in [-0.05, 0) is 31.4 Å². The Balaban J connectivity index is 1.44. The molecule has 2 atom stereocenters. The SMILES string of the molecule is C[C@@H]1CCCC[C@H]1[NH+]1CCN(C(=O)COc2ccccc2)CC1. The van der Waals surface area contributed by atoms with Crippen molar-refractivity contribution in [2.24, 2.45) is 5.92 Å². The molecule has 0 radical (unpaired) electrons. The number of benzene rings is 1. The van der Waals surface area contributed by atoms with Gasteiger partial charge in [-0.2, -0.15) is 0 Å². The Hall–Kier alpha value is -1.55. The van der Waals surface area contributed by atoms with Crippen LogP contribution in [-0.2, 0) is 4.79 Å². The molecule has 2 fully saturated rings. The predicted octanol–water partition coefficient (Wildman–Crippen LogP) is 1.37. The lowest BCUT2D eigenvalue weighted by molar-refractivity contribution is -0.934. The number of nitrogens with one attached hydrogen (secondary N) is 1. The highest BCUT2D eigenvalue weighted by Crippen LogP contribution is 2.22. The molecule has 0 unspecified atom stereocenters. The van der Waals surface area contributed by atoms with Crippen LogP contribution in [0.2, 0.25) is 0 Å². The first-order valence-electron chi connectivity index (χ1n) is 9.04. The Kier molecular flexibility index (Phi) is 5.55. The van der Waals surface area contributed by atoms with Crippen molar-refractivity contribution in [1.82, 2.24) is 4.90 Å². The van der Waals surface area contributed by atoms with Gasteiger partial charge in [-0.3, -0.25) is 4.79 Å². The summed E-state index contributed by atoms with van der Waals surface area (Å²) in [6.45, 7) is 6.48. The van der Waals surface area contributed by atoms with Gasteiger partial charge in [0.15, 0.2) is 6.61 Å². The molecule has 23 heavy (non-hydrogen) atoms. The van der Waals surface area contributed by atoms with Gasteiger partial charge in [-0.25, -0.2) is 0 Å². The highest BCUT2D eigenvalue weighted by molar-refractivity contribution is 5.77. The smallest absolute Gasteiger partial charge is 0.260 e. The fourth-order valence-electron chi connectivity index (χ4n) is 4.09. The van der Waals surface area contributed by atoms with Gasteiger partial charge in [-0.15, -0.1) is 0 Å². The lowest BCUT2D eigenvalue weighted by Gasteiger charge is -2.40. The molecule has 4 heteroatoms. The topological polar surface area (TPSA) is 34.0 Å². The van der Waals surface area contributed by atoms with Gasteiger partial charge in [0, 0.05) is 5.92 Å². The fourth-order valence-corrected chi connectivity index (χ4v) is 4.09. The zero-order valence-electron chi connectivity index (χ0n) is 14.2. The van der Waals surface area contributed by atoms with Crippen LogP contribution in [0.15, 0.2) is 30.3 Å². The van der Waals surface area contributed by atoms with Gasteiger partial charge in [0.25, 0.3) is 5.91 Å². The molecule has 1 saturated carbocycles. The van der Waals surface area contributed by atoms with Gasteiger partial charge in [0.2, 0.25) is 0 Å². The van der Waals surface area contributed by atoms with Crippen molar-refractivity contribution >= 4 is 5.91 Å². The van der Waals surface area contributed by atoms with Gasteiger partial charge in [0.05, 0.1) is 32.2 Å². The maximum absolute atomic E-state index is 12.3. The molecule has 126 valence electrons. The highest BCUT2D eigenvalue weighted by Gasteiger charge is 2.33. The number of carbonyl (C=O) groups is 1. The molecule has 1 aromatic rings. The van der Waals surface area contributed by atoms with E-state index in [1.54, 1.807) is 4.90 Å². The van der Waals surface area contributed by atoms with Crippen LogP contribution in [0.25, 0.3) is 0 Å². The van der Waals surface area contributed by atoms with Crippen molar-refractivity contribution in [3.8, 4) is 5.75 Å². The van der Waals surface area contributed by atoms with E-state index in [1.807, 2.05) is 35.2 Å². The second-order valence-electron chi connectivity index (χ2n) is 7.01. The van der Waals surface area contributed by atoms with E-state index < -0.39 is 0 Å². The molecule has 1 heterocycles. The van der Waals surface area contributed by atoms with E-state index in [9.17, 15) is 4.79 Å². The molecule has 1 aliphatic carbocycles. The molecule has 1 amide bonds. The Bertz CT molecular complexity index is 497. The molecule has 0 bridgehead atoms. The number of hydrogen-bond acceptors (Lipinski definition) is 2. The highest BCUT2D eigenvalue weighted by atomic mass is 16.5. The number of rotatable bonds is 4. The Labute approximate surface area is 139 Å². The average Bonchev–Trinajstić information content (AvgIpc) is 2.61. The number of carbonyl (C=O) groups excluding carboxylic acids is 1. The largest absolute Gasteiger partial charge is 0.484 e. The van der Waals surface area contributed by atoms with Crippen LogP contribution in [-0.4, -0.2) is 49.6 Å². The maximum atomic E-state index is 12.3. The third-order valence-corrected chi connectivity index (χ3v) is 5.50. The van der Waals surface area contributed by atoms with Crippen molar-refractivity contribution in [2.45, 2.75) is 38.6 Å². The molecule has 1 aliphatic heterocycles. The number of para-hydroxylation sites is 1. The molecule has 1 aromatic carbocycles. The minimum absolute atomic E-state index is 0.115. The zero-order valence-corrected chi connectivity index (χ0v) is 14.2. The summed E-state index contributed by atoms with van der Waals surface area (Å²) in [6, 6.07) is 10.4. The third kappa shape index (κ3) is 4.25. The van der Waals surface area contributed by atoms with E-state index >= 15 is 0 Å². The molecule has 1 saturated heterocycles. The monoisotopic (exact) mass is 317 g/mol. The lowest BCUT2D eigenvalue weighted by atomic mass is 9.84. The normalized spacial score (nSPS) is 26.0.